The highest BCUT2D eigenvalue weighted by Crippen LogP contribution is 2.28. The van der Waals surface area contributed by atoms with Gasteiger partial charge >= 0.3 is 6.36 Å². The van der Waals surface area contributed by atoms with Gasteiger partial charge in [0.25, 0.3) is 0 Å². The van der Waals surface area contributed by atoms with Crippen molar-refractivity contribution in [2.75, 3.05) is 44.4 Å². The molecule has 1 aromatic carbocycles. The van der Waals surface area contributed by atoms with Crippen LogP contribution in [-0.4, -0.2) is 59.9 Å². The molecule has 0 aliphatic heterocycles. The minimum absolute atomic E-state index is 0.303. The first kappa shape index (κ1) is 23.3. The van der Waals surface area contributed by atoms with Crippen LogP contribution in [0.1, 0.15) is 5.56 Å². The van der Waals surface area contributed by atoms with Crippen LogP contribution in [0.3, 0.4) is 0 Å². The molecule has 3 rings (SSSR count). The molecular formula is C22H25F3N6O. The van der Waals surface area contributed by atoms with Gasteiger partial charge in [0.2, 0.25) is 5.95 Å². The van der Waals surface area contributed by atoms with E-state index in [1.54, 1.807) is 24.5 Å². The lowest BCUT2D eigenvalue weighted by Crippen LogP contribution is -2.21. The van der Waals surface area contributed by atoms with Crippen LogP contribution in [0.5, 0.6) is 5.75 Å². The molecule has 32 heavy (non-hydrogen) atoms. The number of halogens is 3. The molecule has 0 bridgehead atoms. The van der Waals surface area contributed by atoms with E-state index in [9.17, 15) is 13.2 Å². The third-order valence-electron chi connectivity index (χ3n) is 4.40. The minimum Gasteiger partial charge on any atom is -0.406 e. The van der Waals surface area contributed by atoms with Crippen molar-refractivity contribution in [1.82, 2.24) is 19.9 Å². The van der Waals surface area contributed by atoms with E-state index in [-0.39, 0.29) is 5.75 Å². The molecule has 170 valence electrons. The summed E-state index contributed by atoms with van der Waals surface area (Å²) in [7, 11) is 3.91. The van der Waals surface area contributed by atoms with Crippen LogP contribution in [0.2, 0.25) is 0 Å². The average molecular weight is 446 g/mol. The quantitative estimate of drug-likeness (QED) is 0.486. The lowest BCUT2D eigenvalue weighted by Gasteiger charge is -2.14. The number of likely N-dealkylation sites (N-methyl/N-ethyl adjacent to an activating group) is 1. The van der Waals surface area contributed by atoms with Crippen molar-refractivity contribution in [1.29, 1.82) is 0 Å². The van der Waals surface area contributed by atoms with E-state index in [1.165, 1.54) is 18.2 Å². The zero-order chi connectivity index (χ0) is 23.0. The fraction of sp³-hybridized carbons (Fsp3) is 0.318. The van der Waals surface area contributed by atoms with Gasteiger partial charge < -0.3 is 20.3 Å². The SMILES string of the molecule is CN(C)CCNc1nc(NCCc2ccncc2)cc(-c2cccc(OC(F)(F)F)c2)n1. The highest BCUT2D eigenvalue weighted by Gasteiger charge is 2.31. The van der Waals surface area contributed by atoms with Crippen LogP contribution >= 0.6 is 0 Å². The van der Waals surface area contributed by atoms with Gasteiger partial charge in [-0.05, 0) is 50.3 Å². The normalized spacial score (nSPS) is 11.4. The van der Waals surface area contributed by atoms with Crippen LogP contribution in [0, 0.1) is 0 Å². The van der Waals surface area contributed by atoms with Gasteiger partial charge in [0.1, 0.15) is 11.6 Å². The molecule has 0 spiro atoms. The molecule has 0 saturated carbocycles. The first-order chi connectivity index (χ1) is 15.3. The second-order valence-electron chi connectivity index (χ2n) is 7.30. The van der Waals surface area contributed by atoms with Gasteiger partial charge in [-0.2, -0.15) is 4.98 Å². The first-order valence-electron chi connectivity index (χ1n) is 10.1. The summed E-state index contributed by atoms with van der Waals surface area (Å²) in [6, 6.07) is 11.3. The van der Waals surface area contributed by atoms with Crippen molar-refractivity contribution < 1.29 is 17.9 Å². The fourth-order valence-corrected chi connectivity index (χ4v) is 2.89. The van der Waals surface area contributed by atoms with E-state index < -0.39 is 6.36 Å². The van der Waals surface area contributed by atoms with Gasteiger partial charge in [0, 0.05) is 43.7 Å². The van der Waals surface area contributed by atoms with Gasteiger partial charge in [0.15, 0.2) is 0 Å². The van der Waals surface area contributed by atoms with E-state index in [0.29, 0.717) is 36.1 Å². The Balaban J connectivity index is 1.80. The van der Waals surface area contributed by atoms with Crippen LogP contribution in [0.25, 0.3) is 11.3 Å². The van der Waals surface area contributed by atoms with Crippen molar-refractivity contribution in [3.05, 3.63) is 60.4 Å². The molecular weight excluding hydrogens is 421 g/mol. The number of anilines is 2. The van der Waals surface area contributed by atoms with Gasteiger partial charge in [-0.1, -0.05) is 12.1 Å². The average Bonchev–Trinajstić information content (AvgIpc) is 2.73. The van der Waals surface area contributed by atoms with Gasteiger partial charge in [-0.25, -0.2) is 4.98 Å². The van der Waals surface area contributed by atoms with Crippen molar-refractivity contribution in [2.45, 2.75) is 12.8 Å². The number of pyridine rings is 1. The van der Waals surface area contributed by atoms with Crippen molar-refractivity contribution in [3.8, 4) is 17.0 Å². The molecule has 7 nitrogen and oxygen atoms in total. The zero-order valence-electron chi connectivity index (χ0n) is 17.9. The standard InChI is InChI=1S/C22H25F3N6O/c1-31(2)13-12-28-21-29-19(17-4-3-5-18(14-17)32-22(23,24)25)15-20(30-21)27-11-8-16-6-9-26-10-7-16/h3-7,9-10,14-15H,8,11-13H2,1-2H3,(H2,27,28,29,30). The number of nitrogens with one attached hydrogen (secondary N) is 2. The Morgan fingerprint density at radius 2 is 1.75 bits per heavy atom. The van der Waals surface area contributed by atoms with E-state index in [4.69, 9.17) is 0 Å². The van der Waals surface area contributed by atoms with Crippen LogP contribution in [0.4, 0.5) is 24.9 Å². The summed E-state index contributed by atoms with van der Waals surface area (Å²) in [6.45, 7) is 2.01. The van der Waals surface area contributed by atoms with Gasteiger partial charge in [-0.3, -0.25) is 4.98 Å². The topological polar surface area (TPSA) is 75.2 Å². The number of ether oxygens (including phenoxy) is 1. The van der Waals surface area contributed by atoms with Crippen LogP contribution in [0.15, 0.2) is 54.9 Å². The number of hydrogen-bond donors (Lipinski definition) is 2. The maximum atomic E-state index is 12.6. The van der Waals surface area contributed by atoms with Gasteiger partial charge in [0.05, 0.1) is 5.69 Å². The number of rotatable bonds is 10. The third-order valence-corrected chi connectivity index (χ3v) is 4.40. The Morgan fingerprint density at radius 3 is 2.47 bits per heavy atom. The fourth-order valence-electron chi connectivity index (χ4n) is 2.89. The molecule has 0 saturated heterocycles. The van der Waals surface area contributed by atoms with E-state index in [2.05, 4.69) is 30.3 Å². The Hall–Kier alpha value is -3.40. The maximum absolute atomic E-state index is 12.6. The third kappa shape index (κ3) is 7.69. The Kier molecular flexibility index (Phi) is 7.82. The number of nitrogens with zero attached hydrogens (tertiary/aromatic N) is 4. The van der Waals surface area contributed by atoms with Crippen molar-refractivity contribution >= 4 is 11.8 Å². The summed E-state index contributed by atoms with van der Waals surface area (Å²) in [4.78, 5) is 15.0. The smallest absolute Gasteiger partial charge is 0.406 e. The number of hydrogen-bond acceptors (Lipinski definition) is 7. The molecule has 10 heteroatoms. The molecule has 0 atom stereocenters. The number of alkyl halides is 3. The van der Waals surface area contributed by atoms with Gasteiger partial charge in [-0.15, -0.1) is 13.2 Å². The van der Waals surface area contributed by atoms with Crippen LogP contribution < -0.4 is 15.4 Å². The summed E-state index contributed by atoms with van der Waals surface area (Å²) in [5.74, 6) is 0.652. The molecule has 0 radical (unpaired) electrons. The summed E-state index contributed by atoms with van der Waals surface area (Å²) < 4.78 is 41.9. The molecule has 3 aromatic rings. The van der Waals surface area contributed by atoms with Crippen molar-refractivity contribution in [2.24, 2.45) is 0 Å². The predicted octanol–water partition coefficient (Wildman–Crippen LogP) is 4.07. The monoisotopic (exact) mass is 446 g/mol. The summed E-state index contributed by atoms with van der Waals surface area (Å²) in [6.07, 6.45) is -0.523. The largest absolute Gasteiger partial charge is 0.573 e. The Bertz CT molecular complexity index is 998. The first-order valence-corrected chi connectivity index (χ1v) is 10.1. The summed E-state index contributed by atoms with van der Waals surface area (Å²) >= 11 is 0. The molecule has 0 aliphatic rings. The van der Waals surface area contributed by atoms with E-state index in [0.717, 1.165) is 18.5 Å². The molecule has 2 N–H and O–H groups in total. The number of benzene rings is 1. The Morgan fingerprint density at radius 1 is 0.969 bits per heavy atom. The van der Waals surface area contributed by atoms with E-state index in [1.807, 2.05) is 31.1 Å². The summed E-state index contributed by atoms with van der Waals surface area (Å²) in [5, 5.41) is 6.43. The molecule has 2 aromatic heterocycles. The molecule has 0 fully saturated rings. The summed E-state index contributed by atoms with van der Waals surface area (Å²) in [5.41, 5.74) is 2.09. The minimum atomic E-state index is -4.76. The second kappa shape index (κ2) is 10.8. The molecule has 0 amide bonds. The highest BCUT2D eigenvalue weighted by atomic mass is 19.4. The molecule has 2 heterocycles. The van der Waals surface area contributed by atoms with E-state index >= 15 is 0 Å². The maximum Gasteiger partial charge on any atom is 0.573 e. The second-order valence-corrected chi connectivity index (χ2v) is 7.30. The zero-order valence-corrected chi connectivity index (χ0v) is 17.9. The van der Waals surface area contributed by atoms with Crippen LogP contribution in [-0.2, 0) is 6.42 Å². The number of aromatic nitrogens is 3. The molecule has 0 aliphatic carbocycles. The predicted molar refractivity (Wildman–Crippen MR) is 118 cm³/mol. The lowest BCUT2D eigenvalue weighted by atomic mass is 10.1. The Labute approximate surface area is 184 Å². The van der Waals surface area contributed by atoms with Crippen molar-refractivity contribution in [3.63, 3.8) is 0 Å². The highest BCUT2D eigenvalue weighted by molar-refractivity contribution is 5.66. The lowest BCUT2D eigenvalue weighted by molar-refractivity contribution is -0.274. The molecule has 0 unspecified atom stereocenters.